The van der Waals surface area contributed by atoms with Gasteiger partial charge in [-0.05, 0) is 43.2 Å². The van der Waals surface area contributed by atoms with Gasteiger partial charge in [0, 0.05) is 6.54 Å². The SMILES string of the molecule is Cc1cccc(OCCCNc2ccccc2Cl)c1. The number of aryl methyl sites for hydroxylation is 1. The maximum atomic E-state index is 6.06. The maximum absolute atomic E-state index is 6.06. The Balaban J connectivity index is 1.69. The fourth-order valence-electron chi connectivity index (χ4n) is 1.79. The van der Waals surface area contributed by atoms with Gasteiger partial charge in [-0.15, -0.1) is 0 Å². The first kappa shape index (κ1) is 13.8. The van der Waals surface area contributed by atoms with Crippen LogP contribution in [0.3, 0.4) is 0 Å². The summed E-state index contributed by atoms with van der Waals surface area (Å²) in [4.78, 5) is 0. The molecule has 2 rings (SSSR count). The molecular weight excluding hydrogens is 258 g/mol. The zero-order valence-corrected chi connectivity index (χ0v) is 11.8. The first-order valence-electron chi connectivity index (χ1n) is 6.43. The predicted octanol–water partition coefficient (Wildman–Crippen LogP) is 4.53. The van der Waals surface area contributed by atoms with Gasteiger partial charge in [-0.1, -0.05) is 35.9 Å². The van der Waals surface area contributed by atoms with Crippen LogP contribution in [0, 0.1) is 6.92 Å². The third-order valence-electron chi connectivity index (χ3n) is 2.77. The summed E-state index contributed by atoms with van der Waals surface area (Å²) in [5.74, 6) is 0.928. The summed E-state index contributed by atoms with van der Waals surface area (Å²) in [5, 5.41) is 4.05. The van der Waals surface area contributed by atoms with Crippen LogP contribution < -0.4 is 10.1 Å². The summed E-state index contributed by atoms with van der Waals surface area (Å²) in [6, 6.07) is 15.8. The van der Waals surface area contributed by atoms with E-state index in [0.717, 1.165) is 29.4 Å². The van der Waals surface area contributed by atoms with E-state index in [1.54, 1.807) is 0 Å². The van der Waals surface area contributed by atoms with Crippen molar-refractivity contribution in [3.63, 3.8) is 0 Å². The van der Waals surface area contributed by atoms with Gasteiger partial charge in [-0.2, -0.15) is 0 Å². The van der Waals surface area contributed by atoms with E-state index in [0.29, 0.717) is 6.61 Å². The predicted molar refractivity (Wildman–Crippen MR) is 81.2 cm³/mol. The van der Waals surface area contributed by atoms with Gasteiger partial charge in [0.25, 0.3) is 0 Å². The molecule has 0 fully saturated rings. The van der Waals surface area contributed by atoms with Crippen molar-refractivity contribution in [3.8, 4) is 5.75 Å². The first-order chi connectivity index (χ1) is 9.25. The molecule has 0 bridgehead atoms. The zero-order valence-electron chi connectivity index (χ0n) is 11.0. The summed E-state index contributed by atoms with van der Waals surface area (Å²) in [6.07, 6.45) is 0.930. The number of hydrogen-bond donors (Lipinski definition) is 1. The summed E-state index contributed by atoms with van der Waals surface area (Å²) >= 11 is 6.06. The first-order valence-corrected chi connectivity index (χ1v) is 6.81. The highest BCUT2D eigenvalue weighted by atomic mass is 35.5. The Labute approximate surface area is 119 Å². The number of hydrogen-bond acceptors (Lipinski definition) is 2. The summed E-state index contributed by atoms with van der Waals surface area (Å²) in [7, 11) is 0. The van der Waals surface area contributed by atoms with E-state index in [2.05, 4.69) is 18.3 Å². The highest BCUT2D eigenvalue weighted by Gasteiger charge is 1.97. The lowest BCUT2D eigenvalue weighted by Gasteiger charge is -2.09. The Bertz CT molecular complexity index is 528. The second-order valence-electron chi connectivity index (χ2n) is 4.43. The quantitative estimate of drug-likeness (QED) is 0.782. The Hall–Kier alpha value is -1.67. The third-order valence-corrected chi connectivity index (χ3v) is 3.10. The minimum absolute atomic E-state index is 0.695. The number of nitrogens with one attached hydrogen (secondary N) is 1. The molecule has 0 heterocycles. The molecule has 0 radical (unpaired) electrons. The molecule has 0 amide bonds. The van der Waals surface area contributed by atoms with E-state index in [1.165, 1.54) is 5.56 Å². The van der Waals surface area contributed by atoms with Crippen LogP contribution >= 0.6 is 11.6 Å². The van der Waals surface area contributed by atoms with E-state index < -0.39 is 0 Å². The third kappa shape index (κ3) is 4.49. The molecule has 19 heavy (non-hydrogen) atoms. The Morgan fingerprint density at radius 3 is 2.74 bits per heavy atom. The topological polar surface area (TPSA) is 21.3 Å². The molecule has 0 spiro atoms. The van der Waals surface area contributed by atoms with E-state index in [1.807, 2.05) is 42.5 Å². The number of rotatable bonds is 6. The second-order valence-corrected chi connectivity index (χ2v) is 4.83. The molecule has 0 unspecified atom stereocenters. The Kier molecular flexibility index (Phi) is 5.10. The number of benzene rings is 2. The van der Waals surface area contributed by atoms with E-state index in [-0.39, 0.29) is 0 Å². The zero-order chi connectivity index (χ0) is 13.5. The normalized spacial score (nSPS) is 10.2. The molecule has 0 saturated heterocycles. The van der Waals surface area contributed by atoms with Crippen molar-refractivity contribution < 1.29 is 4.74 Å². The lowest BCUT2D eigenvalue weighted by atomic mass is 10.2. The minimum Gasteiger partial charge on any atom is -0.494 e. The lowest BCUT2D eigenvalue weighted by molar-refractivity contribution is 0.315. The van der Waals surface area contributed by atoms with Gasteiger partial charge in [0.15, 0.2) is 0 Å². The van der Waals surface area contributed by atoms with E-state index in [4.69, 9.17) is 16.3 Å². The van der Waals surface area contributed by atoms with Gasteiger partial charge in [0.1, 0.15) is 5.75 Å². The molecule has 0 aromatic heterocycles. The van der Waals surface area contributed by atoms with Crippen molar-refractivity contribution >= 4 is 17.3 Å². The Morgan fingerprint density at radius 1 is 1.11 bits per heavy atom. The van der Waals surface area contributed by atoms with E-state index in [9.17, 15) is 0 Å². The van der Waals surface area contributed by atoms with Gasteiger partial charge in [0.05, 0.1) is 17.3 Å². The summed E-state index contributed by atoms with van der Waals surface area (Å²) < 4.78 is 5.68. The fraction of sp³-hybridized carbons (Fsp3) is 0.250. The average Bonchev–Trinajstić information content (AvgIpc) is 2.40. The minimum atomic E-state index is 0.695. The van der Waals surface area contributed by atoms with Gasteiger partial charge < -0.3 is 10.1 Å². The molecule has 0 aliphatic heterocycles. The molecular formula is C16H18ClNO. The number of ether oxygens (including phenoxy) is 1. The van der Waals surface area contributed by atoms with Gasteiger partial charge >= 0.3 is 0 Å². The van der Waals surface area contributed by atoms with Crippen molar-refractivity contribution in [1.82, 2.24) is 0 Å². The molecule has 1 N–H and O–H groups in total. The van der Waals surface area contributed by atoms with Crippen molar-refractivity contribution in [2.45, 2.75) is 13.3 Å². The van der Waals surface area contributed by atoms with Crippen LogP contribution in [-0.2, 0) is 0 Å². The van der Waals surface area contributed by atoms with Crippen LogP contribution in [-0.4, -0.2) is 13.2 Å². The van der Waals surface area contributed by atoms with Crippen LogP contribution in [0.2, 0.25) is 5.02 Å². The smallest absolute Gasteiger partial charge is 0.119 e. The molecule has 0 aliphatic carbocycles. The standard InChI is InChI=1S/C16H18ClNO/c1-13-6-4-7-14(12-13)19-11-5-10-18-16-9-3-2-8-15(16)17/h2-4,6-9,12,18H,5,10-11H2,1H3. The van der Waals surface area contributed by atoms with Gasteiger partial charge in [-0.25, -0.2) is 0 Å². The van der Waals surface area contributed by atoms with Crippen LogP contribution in [0.1, 0.15) is 12.0 Å². The summed E-state index contributed by atoms with van der Waals surface area (Å²) in [6.45, 7) is 3.60. The largest absolute Gasteiger partial charge is 0.494 e. The highest BCUT2D eigenvalue weighted by molar-refractivity contribution is 6.33. The molecule has 2 nitrogen and oxygen atoms in total. The van der Waals surface area contributed by atoms with Crippen LogP contribution in [0.4, 0.5) is 5.69 Å². The molecule has 100 valence electrons. The van der Waals surface area contributed by atoms with Crippen LogP contribution in [0.5, 0.6) is 5.75 Å². The number of anilines is 1. The Morgan fingerprint density at radius 2 is 1.95 bits per heavy atom. The van der Waals surface area contributed by atoms with Crippen molar-refractivity contribution in [3.05, 3.63) is 59.1 Å². The molecule has 0 aliphatic rings. The molecule has 2 aromatic carbocycles. The molecule has 3 heteroatoms. The second kappa shape index (κ2) is 7.05. The number of para-hydroxylation sites is 1. The molecule has 0 atom stereocenters. The van der Waals surface area contributed by atoms with Gasteiger partial charge in [0.2, 0.25) is 0 Å². The van der Waals surface area contributed by atoms with Crippen molar-refractivity contribution in [1.29, 1.82) is 0 Å². The van der Waals surface area contributed by atoms with Crippen molar-refractivity contribution in [2.75, 3.05) is 18.5 Å². The van der Waals surface area contributed by atoms with Gasteiger partial charge in [-0.3, -0.25) is 0 Å². The maximum Gasteiger partial charge on any atom is 0.119 e. The van der Waals surface area contributed by atoms with E-state index >= 15 is 0 Å². The molecule has 2 aromatic rings. The van der Waals surface area contributed by atoms with Crippen LogP contribution in [0.15, 0.2) is 48.5 Å². The molecule has 0 saturated carbocycles. The summed E-state index contributed by atoms with van der Waals surface area (Å²) in [5.41, 5.74) is 2.19. The number of halogens is 1. The lowest BCUT2D eigenvalue weighted by Crippen LogP contribution is -2.07. The monoisotopic (exact) mass is 275 g/mol. The fourth-order valence-corrected chi connectivity index (χ4v) is 2.00. The average molecular weight is 276 g/mol. The van der Waals surface area contributed by atoms with Crippen LogP contribution in [0.25, 0.3) is 0 Å². The highest BCUT2D eigenvalue weighted by Crippen LogP contribution is 2.20. The van der Waals surface area contributed by atoms with Crippen molar-refractivity contribution in [2.24, 2.45) is 0 Å².